The zero-order chi connectivity index (χ0) is 17.6. The normalized spacial score (nSPS) is 15.3. The lowest BCUT2D eigenvalue weighted by Gasteiger charge is -2.34. The molecule has 1 fully saturated rings. The maximum Gasteiger partial charge on any atom is 0.225 e. The van der Waals surface area contributed by atoms with Gasteiger partial charge in [0.1, 0.15) is 11.8 Å². The van der Waals surface area contributed by atoms with Crippen LogP contribution in [0.3, 0.4) is 0 Å². The number of hydrogen-bond acceptors (Lipinski definition) is 6. The second-order valence-corrected chi connectivity index (χ2v) is 6.37. The van der Waals surface area contributed by atoms with Gasteiger partial charge in [0.25, 0.3) is 0 Å². The van der Waals surface area contributed by atoms with Crippen LogP contribution in [0.25, 0.3) is 0 Å². The van der Waals surface area contributed by atoms with Crippen LogP contribution in [0, 0.1) is 18.3 Å². The van der Waals surface area contributed by atoms with E-state index in [-0.39, 0.29) is 0 Å². The van der Waals surface area contributed by atoms with Gasteiger partial charge in [-0.2, -0.15) is 5.26 Å². The van der Waals surface area contributed by atoms with E-state index < -0.39 is 0 Å². The molecule has 3 heterocycles. The van der Waals surface area contributed by atoms with Crippen LogP contribution >= 0.6 is 0 Å². The molecule has 7 nitrogen and oxygen atoms in total. The molecule has 0 aromatic carbocycles. The molecule has 0 atom stereocenters. The quantitative estimate of drug-likeness (QED) is 0.789. The van der Waals surface area contributed by atoms with Crippen LogP contribution in [0.2, 0.25) is 0 Å². The molecule has 7 heteroatoms. The number of rotatable bonds is 6. The fraction of sp³-hybridized carbons (Fsp3) is 0.500. The predicted octanol–water partition coefficient (Wildman–Crippen LogP) is 0.907. The van der Waals surface area contributed by atoms with E-state index in [0.29, 0.717) is 5.69 Å². The molecule has 0 saturated carbocycles. The minimum absolute atomic E-state index is 0.716. The van der Waals surface area contributed by atoms with Crippen molar-refractivity contribution < 1.29 is 0 Å². The number of piperazine rings is 1. The highest BCUT2D eigenvalue weighted by molar-refractivity contribution is 5.34. The largest absolute Gasteiger partial charge is 0.340 e. The highest BCUT2D eigenvalue weighted by Gasteiger charge is 2.18. The molecule has 1 aliphatic heterocycles. The lowest BCUT2D eigenvalue weighted by molar-refractivity contribution is 0.256. The highest BCUT2D eigenvalue weighted by atomic mass is 15.3. The third-order valence-electron chi connectivity index (χ3n) is 4.88. The first-order valence-electron chi connectivity index (χ1n) is 8.69. The summed E-state index contributed by atoms with van der Waals surface area (Å²) in [6, 6.07) is 6.05. The molecular formula is C18H25N7. The van der Waals surface area contributed by atoms with Gasteiger partial charge in [0.15, 0.2) is 0 Å². The van der Waals surface area contributed by atoms with E-state index in [0.717, 1.165) is 57.5 Å². The third kappa shape index (κ3) is 4.16. The molecule has 0 spiro atoms. The zero-order valence-corrected chi connectivity index (χ0v) is 14.9. The molecule has 0 radical (unpaired) electrons. The van der Waals surface area contributed by atoms with Gasteiger partial charge in [0.2, 0.25) is 5.95 Å². The first-order valence-corrected chi connectivity index (χ1v) is 8.69. The molecular weight excluding hydrogens is 314 g/mol. The average Bonchev–Trinajstić information content (AvgIpc) is 2.94. The molecule has 2 aromatic rings. The minimum Gasteiger partial charge on any atom is -0.340 e. The van der Waals surface area contributed by atoms with Crippen molar-refractivity contribution >= 4 is 5.95 Å². The molecule has 0 bridgehead atoms. The van der Waals surface area contributed by atoms with Crippen molar-refractivity contribution in [2.24, 2.45) is 7.05 Å². The van der Waals surface area contributed by atoms with Crippen molar-refractivity contribution in [3.63, 3.8) is 0 Å². The molecule has 132 valence electrons. The van der Waals surface area contributed by atoms with Crippen molar-refractivity contribution in [2.45, 2.75) is 13.5 Å². The Bertz CT molecular complexity index is 724. The zero-order valence-electron chi connectivity index (χ0n) is 14.9. The summed E-state index contributed by atoms with van der Waals surface area (Å²) in [7, 11) is 1.94. The number of nitrogens with one attached hydrogen (secondary N) is 1. The van der Waals surface area contributed by atoms with E-state index in [1.54, 1.807) is 12.4 Å². The molecule has 1 aliphatic rings. The van der Waals surface area contributed by atoms with Crippen molar-refractivity contribution in [1.82, 2.24) is 24.8 Å². The van der Waals surface area contributed by atoms with Crippen LogP contribution < -0.4 is 10.2 Å². The standard InChI is InChI=1S/C18H25N7/c1-15-16(12-17(13-19)23(15)2)14-20-6-7-24-8-10-25(11-9-24)18-21-4-3-5-22-18/h3-5,12,20H,6-11,14H2,1-2H3. The fourth-order valence-electron chi connectivity index (χ4n) is 3.13. The monoisotopic (exact) mass is 339 g/mol. The summed E-state index contributed by atoms with van der Waals surface area (Å²) < 4.78 is 1.95. The van der Waals surface area contributed by atoms with Gasteiger partial charge >= 0.3 is 0 Å². The van der Waals surface area contributed by atoms with Crippen LogP contribution in [-0.4, -0.2) is 58.7 Å². The molecule has 0 unspecified atom stereocenters. The fourth-order valence-corrected chi connectivity index (χ4v) is 3.13. The van der Waals surface area contributed by atoms with Crippen molar-refractivity contribution in [2.75, 3.05) is 44.2 Å². The van der Waals surface area contributed by atoms with E-state index in [9.17, 15) is 0 Å². The van der Waals surface area contributed by atoms with Crippen LogP contribution in [0.5, 0.6) is 0 Å². The lowest BCUT2D eigenvalue weighted by atomic mass is 10.2. The first kappa shape index (κ1) is 17.4. The van der Waals surface area contributed by atoms with Gasteiger partial charge in [-0.3, -0.25) is 4.90 Å². The Hall–Kier alpha value is -2.43. The van der Waals surface area contributed by atoms with Gasteiger partial charge in [-0.15, -0.1) is 0 Å². The summed E-state index contributed by atoms with van der Waals surface area (Å²) in [5.74, 6) is 0.827. The van der Waals surface area contributed by atoms with Crippen LogP contribution in [-0.2, 0) is 13.6 Å². The van der Waals surface area contributed by atoms with Gasteiger partial charge in [-0.1, -0.05) is 0 Å². The Kier molecular flexibility index (Phi) is 5.64. The molecule has 1 saturated heterocycles. The third-order valence-corrected chi connectivity index (χ3v) is 4.88. The SMILES string of the molecule is Cc1c(CNCCN2CCN(c3ncccn3)CC2)cc(C#N)n1C. The van der Waals surface area contributed by atoms with Gasteiger partial charge < -0.3 is 14.8 Å². The lowest BCUT2D eigenvalue weighted by Crippen LogP contribution is -2.48. The van der Waals surface area contributed by atoms with Crippen molar-refractivity contribution in [3.8, 4) is 6.07 Å². The molecule has 0 aliphatic carbocycles. The second kappa shape index (κ2) is 8.10. The summed E-state index contributed by atoms with van der Waals surface area (Å²) in [6.45, 7) is 8.83. The second-order valence-electron chi connectivity index (χ2n) is 6.37. The number of hydrogen-bond donors (Lipinski definition) is 1. The van der Waals surface area contributed by atoms with E-state index >= 15 is 0 Å². The number of aromatic nitrogens is 3. The van der Waals surface area contributed by atoms with Gasteiger partial charge in [-0.25, -0.2) is 9.97 Å². The molecule has 0 amide bonds. The molecule has 1 N–H and O–H groups in total. The van der Waals surface area contributed by atoms with Crippen LogP contribution in [0.15, 0.2) is 24.5 Å². The predicted molar refractivity (Wildman–Crippen MR) is 97.3 cm³/mol. The van der Waals surface area contributed by atoms with Gasteiger partial charge in [-0.05, 0) is 24.6 Å². The summed E-state index contributed by atoms with van der Waals surface area (Å²) in [5.41, 5.74) is 3.07. The van der Waals surface area contributed by atoms with Crippen LogP contribution in [0.4, 0.5) is 5.95 Å². The Morgan fingerprint density at radius 1 is 1.20 bits per heavy atom. The van der Waals surface area contributed by atoms with Gasteiger partial charge in [0.05, 0.1) is 0 Å². The van der Waals surface area contributed by atoms with E-state index in [2.05, 4.69) is 38.1 Å². The average molecular weight is 339 g/mol. The highest BCUT2D eigenvalue weighted by Crippen LogP contribution is 2.13. The maximum atomic E-state index is 9.09. The Labute approximate surface area is 148 Å². The molecule has 3 rings (SSSR count). The topological polar surface area (TPSA) is 73.0 Å². The van der Waals surface area contributed by atoms with E-state index in [1.807, 2.05) is 23.7 Å². The number of nitrogens with zero attached hydrogens (tertiary/aromatic N) is 6. The summed E-state index contributed by atoms with van der Waals surface area (Å²) >= 11 is 0. The van der Waals surface area contributed by atoms with Crippen LogP contribution in [0.1, 0.15) is 17.0 Å². The Balaban J connectivity index is 1.39. The maximum absolute atomic E-state index is 9.09. The summed E-state index contributed by atoms with van der Waals surface area (Å²) in [5, 5.41) is 12.6. The van der Waals surface area contributed by atoms with Gasteiger partial charge in [0, 0.05) is 70.9 Å². The Morgan fingerprint density at radius 2 is 1.92 bits per heavy atom. The van der Waals surface area contributed by atoms with E-state index in [1.165, 1.54) is 5.56 Å². The minimum atomic E-state index is 0.716. The summed E-state index contributed by atoms with van der Waals surface area (Å²) in [4.78, 5) is 13.3. The van der Waals surface area contributed by atoms with Crippen molar-refractivity contribution in [3.05, 3.63) is 41.5 Å². The van der Waals surface area contributed by atoms with Crippen molar-refractivity contribution in [1.29, 1.82) is 5.26 Å². The first-order chi connectivity index (χ1) is 12.2. The molecule has 25 heavy (non-hydrogen) atoms. The number of anilines is 1. The number of nitriles is 1. The molecule has 2 aromatic heterocycles. The smallest absolute Gasteiger partial charge is 0.225 e. The van der Waals surface area contributed by atoms with E-state index in [4.69, 9.17) is 5.26 Å². The summed E-state index contributed by atoms with van der Waals surface area (Å²) in [6.07, 6.45) is 3.59. The Morgan fingerprint density at radius 3 is 2.56 bits per heavy atom.